The molecule has 7 heteroatoms. The maximum Gasteiger partial charge on any atom is 0.227 e. The Labute approximate surface area is 146 Å². The van der Waals surface area contributed by atoms with Crippen LogP contribution in [0.1, 0.15) is 6.42 Å². The van der Waals surface area contributed by atoms with Crippen molar-refractivity contribution in [3.05, 3.63) is 34.1 Å². The molecule has 1 aromatic carbocycles. The standard InChI is InChI=1S/C15H16BrN3OS2/c16-11-3-1-2-10(6-11)13-9-22-15(18-13)19-14(20)7-12-8-21-5-4-17-12/h1-3,6,9,12,17H,4-5,7-8H2,(H,18,19,20). The van der Waals surface area contributed by atoms with Gasteiger partial charge in [-0.15, -0.1) is 11.3 Å². The third-order valence-corrected chi connectivity index (χ3v) is 5.68. The molecule has 116 valence electrons. The number of thiazole rings is 1. The maximum atomic E-state index is 12.1. The summed E-state index contributed by atoms with van der Waals surface area (Å²) >= 11 is 6.81. The number of aromatic nitrogens is 1. The van der Waals surface area contributed by atoms with Crippen LogP contribution in [0.2, 0.25) is 0 Å². The first-order valence-corrected chi connectivity index (χ1v) is 9.86. The molecule has 1 atom stereocenters. The monoisotopic (exact) mass is 397 g/mol. The van der Waals surface area contributed by atoms with Crippen LogP contribution >= 0.6 is 39.0 Å². The molecular formula is C15H16BrN3OS2. The fourth-order valence-electron chi connectivity index (χ4n) is 2.26. The molecule has 1 unspecified atom stereocenters. The molecule has 0 spiro atoms. The Balaban J connectivity index is 1.60. The maximum absolute atomic E-state index is 12.1. The molecule has 0 radical (unpaired) electrons. The molecule has 3 rings (SSSR count). The van der Waals surface area contributed by atoms with Gasteiger partial charge in [0.05, 0.1) is 5.69 Å². The van der Waals surface area contributed by atoms with Gasteiger partial charge in [-0.05, 0) is 12.1 Å². The summed E-state index contributed by atoms with van der Waals surface area (Å²) in [6, 6.07) is 8.25. The Bertz CT molecular complexity index is 656. The average molecular weight is 398 g/mol. The predicted molar refractivity (Wildman–Crippen MR) is 97.6 cm³/mol. The van der Waals surface area contributed by atoms with Crippen molar-refractivity contribution in [1.82, 2.24) is 10.3 Å². The van der Waals surface area contributed by atoms with Gasteiger partial charge in [0, 0.05) is 45.9 Å². The molecule has 4 nitrogen and oxygen atoms in total. The minimum absolute atomic E-state index is 0.0233. The normalized spacial score (nSPS) is 18.1. The number of hydrogen-bond donors (Lipinski definition) is 2. The topological polar surface area (TPSA) is 54.0 Å². The molecule has 0 saturated carbocycles. The molecule has 2 aromatic rings. The number of halogens is 1. The highest BCUT2D eigenvalue weighted by atomic mass is 79.9. The minimum Gasteiger partial charge on any atom is -0.312 e. The molecule has 1 amide bonds. The van der Waals surface area contributed by atoms with Crippen molar-refractivity contribution in [2.24, 2.45) is 0 Å². The van der Waals surface area contributed by atoms with Crippen molar-refractivity contribution in [3.63, 3.8) is 0 Å². The van der Waals surface area contributed by atoms with Gasteiger partial charge in [-0.1, -0.05) is 28.1 Å². The van der Waals surface area contributed by atoms with Crippen LogP contribution in [0.25, 0.3) is 11.3 Å². The van der Waals surface area contributed by atoms with Gasteiger partial charge in [-0.3, -0.25) is 4.79 Å². The third kappa shape index (κ3) is 4.32. The largest absolute Gasteiger partial charge is 0.312 e. The van der Waals surface area contributed by atoms with Crippen molar-refractivity contribution in [1.29, 1.82) is 0 Å². The number of anilines is 1. The van der Waals surface area contributed by atoms with Crippen LogP contribution in [0.4, 0.5) is 5.13 Å². The summed E-state index contributed by atoms with van der Waals surface area (Å²) in [5, 5.41) is 8.89. The first-order chi connectivity index (χ1) is 10.7. The van der Waals surface area contributed by atoms with Crippen LogP contribution < -0.4 is 10.6 Å². The molecule has 0 aliphatic carbocycles. The second-order valence-corrected chi connectivity index (χ2v) is 7.95. The van der Waals surface area contributed by atoms with E-state index < -0.39 is 0 Å². The van der Waals surface area contributed by atoms with E-state index in [1.165, 1.54) is 11.3 Å². The van der Waals surface area contributed by atoms with E-state index in [2.05, 4.69) is 31.5 Å². The first kappa shape index (κ1) is 16.0. The van der Waals surface area contributed by atoms with E-state index in [1.54, 1.807) is 0 Å². The van der Waals surface area contributed by atoms with Gasteiger partial charge < -0.3 is 10.6 Å². The zero-order valence-electron chi connectivity index (χ0n) is 11.8. The van der Waals surface area contributed by atoms with E-state index in [0.717, 1.165) is 33.8 Å². The van der Waals surface area contributed by atoms with E-state index in [4.69, 9.17) is 0 Å². The number of thioether (sulfide) groups is 1. The number of benzene rings is 1. The van der Waals surface area contributed by atoms with Gasteiger partial charge in [0.2, 0.25) is 5.91 Å². The molecular weight excluding hydrogens is 382 g/mol. The van der Waals surface area contributed by atoms with Crippen LogP contribution in [0.3, 0.4) is 0 Å². The highest BCUT2D eigenvalue weighted by molar-refractivity contribution is 9.10. The van der Waals surface area contributed by atoms with Crippen LogP contribution in [0, 0.1) is 0 Å². The van der Waals surface area contributed by atoms with Crippen molar-refractivity contribution in [2.75, 3.05) is 23.4 Å². The van der Waals surface area contributed by atoms with Gasteiger partial charge in [0.15, 0.2) is 5.13 Å². The van der Waals surface area contributed by atoms with E-state index in [0.29, 0.717) is 11.6 Å². The molecule has 0 bridgehead atoms. The van der Waals surface area contributed by atoms with Gasteiger partial charge in [0.25, 0.3) is 0 Å². The van der Waals surface area contributed by atoms with Gasteiger partial charge in [-0.2, -0.15) is 11.8 Å². The molecule has 1 aliphatic rings. The Hall–Kier alpha value is -0.890. The van der Waals surface area contributed by atoms with Crippen molar-refractivity contribution in [2.45, 2.75) is 12.5 Å². The lowest BCUT2D eigenvalue weighted by Crippen LogP contribution is -2.39. The molecule has 1 saturated heterocycles. The SMILES string of the molecule is O=C(CC1CSCCN1)Nc1nc(-c2cccc(Br)c2)cs1. The van der Waals surface area contributed by atoms with Crippen LogP contribution in [-0.4, -0.2) is 35.0 Å². The van der Waals surface area contributed by atoms with Crippen molar-refractivity contribution >= 4 is 50.1 Å². The smallest absolute Gasteiger partial charge is 0.227 e. The molecule has 2 heterocycles. The fraction of sp³-hybridized carbons (Fsp3) is 0.333. The lowest BCUT2D eigenvalue weighted by atomic mass is 10.2. The predicted octanol–water partition coefficient (Wildman–Crippen LogP) is 3.61. The lowest BCUT2D eigenvalue weighted by Gasteiger charge is -2.22. The summed E-state index contributed by atoms with van der Waals surface area (Å²) in [5.41, 5.74) is 1.92. The van der Waals surface area contributed by atoms with E-state index in [1.807, 2.05) is 41.4 Å². The molecule has 1 aromatic heterocycles. The number of carbonyl (C=O) groups excluding carboxylic acids is 1. The van der Waals surface area contributed by atoms with Crippen LogP contribution in [0.15, 0.2) is 34.1 Å². The second-order valence-electron chi connectivity index (χ2n) is 5.03. The number of nitrogens with one attached hydrogen (secondary N) is 2. The van der Waals surface area contributed by atoms with E-state index >= 15 is 0 Å². The quantitative estimate of drug-likeness (QED) is 0.827. The third-order valence-electron chi connectivity index (χ3n) is 3.30. The zero-order chi connectivity index (χ0) is 15.4. The minimum atomic E-state index is 0.0233. The molecule has 2 N–H and O–H groups in total. The van der Waals surface area contributed by atoms with Gasteiger partial charge in [0.1, 0.15) is 0 Å². The summed E-state index contributed by atoms with van der Waals surface area (Å²) in [5.74, 6) is 2.14. The Morgan fingerprint density at radius 3 is 3.18 bits per heavy atom. The Morgan fingerprint density at radius 1 is 1.50 bits per heavy atom. The lowest BCUT2D eigenvalue weighted by molar-refractivity contribution is -0.116. The van der Waals surface area contributed by atoms with Crippen molar-refractivity contribution < 1.29 is 4.79 Å². The molecule has 1 fully saturated rings. The Morgan fingerprint density at radius 2 is 2.41 bits per heavy atom. The average Bonchev–Trinajstić information content (AvgIpc) is 2.96. The number of amides is 1. The summed E-state index contributed by atoms with van der Waals surface area (Å²) in [4.78, 5) is 16.6. The Kier molecular flexibility index (Phi) is 5.51. The van der Waals surface area contributed by atoms with Crippen LogP contribution in [0.5, 0.6) is 0 Å². The molecule has 22 heavy (non-hydrogen) atoms. The number of rotatable bonds is 4. The number of carbonyl (C=O) groups is 1. The summed E-state index contributed by atoms with van der Waals surface area (Å²) < 4.78 is 1.02. The molecule has 1 aliphatic heterocycles. The highest BCUT2D eigenvalue weighted by Gasteiger charge is 2.17. The van der Waals surface area contributed by atoms with Gasteiger partial charge >= 0.3 is 0 Å². The van der Waals surface area contributed by atoms with Gasteiger partial charge in [-0.25, -0.2) is 4.98 Å². The second kappa shape index (κ2) is 7.59. The first-order valence-electron chi connectivity index (χ1n) is 7.03. The summed E-state index contributed by atoms with van der Waals surface area (Å²) in [6.07, 6.45) is 0.499. The summed E-state index contributed by atoms with van der Waals surface area (Å²) in [7, 11) is 0. The number of nitrogens with zero attached hydrogens (tertiary/aromatic N) is 1. The summed E-state index contributed by atoms with van der Waals surface area (Å²) in [6.45, 7) is 0.979. The zero-order valence-corrected chi connectivity index (χ0v) is 15.1. The highest BCUT2D eigenvalue weighted by Crippen LogP contribution is 2.27. The number of hydrogen-bond acceptors (Lipinski definition) is 5. The van der Waals surface area contributed by atoms with Crippen molar-refractivity contribution in [3.8, 4) is 11.3 Å². The van der Waals surface area contributed by atoms with E-state index in [9.17, 15) is 4.79 Å². The van der Waals surface area contributed by atoms with E-state index in [-0.39, 0.29) is 11.9 Å². The fourth-order valence-corrected chi connectivity index (χ4v) is 4.34. The van der Waals surface area contributed by atoms with Crippen LogP contribution in [-0.2, 0) is 4.79 Å².